The molecule has 0 spiro atoms. The fraction of sp³-hybridized carbons (Fsp3) is 0.529. The van der Waals surface area contributed by atoms with E-state index in [9.17, 15) is 14.7 Å². The van der Waals surface area contributed by atoms with Gasteiger partial charge in [0.05, 0.1) is 12.5 Å². The number of aliphatic carboxylic acids is 1. The molecule has 3 rings (SSSR count). The van der Waals surface area contributed by atoms with Crippen LogP contribution in [0.25, 0.3) is 0 Å². The van der Waals surface area contributed by atoms with Gasteiger partial charge in [0.25, 0.3) is 0 Å². The summed E-state index contributed by atoms with van der Waals surface area (Å²) in [7, 11) is 1.40. The van der Waals surface area contributed by atoms with E-state index >= 15 is 0 Å². The molecule has 118 valence electrons. The van der Waals surface area contributed by atoms with Gasteiger partial charge in [-0.3, -0.25) is 4.79 Å². The Morgan fingerprint density at radius 1 is 1.36 bits per heavy atom. The van der Waals surface area contributed by atoms with Crippen LogP contribution in [0, 0.1) is 0 Å². The maximum atomic E-state index is 12.9. The van der Waals surface area contributed by atoms with E-state index in [-0.39, 0.29) is 18.4 Å². The number of fused-ring (bicyclic) bond motifs is 1. The molecule has 2 unspecified atom stereocenters. The Bertz CT molecular complexity index is 600. The van der Waals surface area contributed by atoms with Crippen LogP contribution in [0.1, 0.15) is 36.3 Å². The highest BCUT2D eigenvalue weighted by molar-refractivity contribution is 5.87. The molecule has 1 aromatic carbocycles. The van der Waals surface area contributed by atoms with E-state index in [1.807, 2.05) is 18.2 Å². The quantitative estimate of drug-likeness (QED) is 0.925. The van der Waals surface area contributed by atoms with E-state index in [1.165, 1.54) is 12.7 Å². The number of aryl methyl sites for hydroxylation is 1. The Balaban J connectivity index is 1.80. The van der Waals surface area contributed by atoms with Gasteiger partial charge in [0.15, 0.2) is 5.60 Å². The molecule has 5 heteroatoms. The average molecular weight is 303 g/mol. The van der Waals surface area contributed by atoms with Gasteiger partial charge in [0.2, 0.25) is 5.91 Å². The summed E-state index contributed by atoms with van der Waals surface area (Å²) >= 11 is 0. The van der Waals surface area contributed by atoms with Gasteiger partial charge in [-0.1, -0.05) is 24.3 Å². The summed E-state index contributed by atoms with van der Waals surface area (Å²) in [5.41, 5.74) is 1.09. The second-order valence-electron chi connectivity index (χ2n) is 6.16. The van der Waals surface area contributed by atoms with Crippen molar-refractivity contribution < 1.29 is 19.4 Å². The molecule has 0 radical (unpaired) electrons. The zero-order valence-electron chi connectivity index (χ0n) is 12.7. The molecule has 1 saturated heterocycles. The average Bonchev–Trinajstić information content (AvgIpc) is 2.99. The highest BCUT2D eigenvalue weighted by atomic mass is 16.5. The van der Waals surface area contributed by atoms with Gasteiger partial charge in [-0.2, -0.15) is 0 Å². The van der Waals surface area contributed by atoms with Crippen LogP contribution in [0.3, 0.4) is 0 Å². The second kappa shape index (κ2) is 5.72. The molecule has 1 aliphatic heterocycles. The van der Waals surface area contributed by atoms with Crippen LogP contribution >= 0.6 is 0 Å². The number of benzene rings is 1. The van der Waals surface area contributed by atoms with Crippen molar-refractivity contribution in [1.82, 2.24) is 4.90 Å². The van der Waals surface area contributed by atoms with E-state index < -0.39 is 11.6 Å². The lowest BCUT2D eigenvalue weighted by molar-refractivity contribution is -0.161. The fourth-order valence-electron chi connectivity index (χ4n) is 3.63. The Morgan fingerprint density at radius 2 is 2.14 bits per heavy atom. The number of carboxylic acids is 1. The van der Waals surface area contributed by atoms with Crippen LogP contribution in [0.2, 0.25) is 0 Å². The SMILES string of the molecule is COC1(C(=O)O)CCN(C(=O)C2CCCc3ccccc32)C1. The summed E-state index contributed by atoms with van der Waals surface area (Å²) < 4.78 is 5.20. The number of amides is 1. The molecule has 1 fully saturated rings. The maximum Gasteiger partial charge on any atom is 0.337 e. The number of methoxy groups -OCH3 is 1. The van der Waals surface area contributed by atoms with Crippen molar-refractivity contribution in [3.05, 3.63) is 35.4 Å². The Hall–Kier alpha value is -1.88. The summed E-state index contributed by atoms with van der Waals surface area (Å²) in [6.45, 7) is 0.577. The first-order chi connectivity index (χ1) is 10.6. The van der Waals surface area contributed by atoms with Crippen LogP contribution in [0.15, 0.2) is 24.3 Å². The zero-order chi connectivity index (χ0) is 15.7. The molecule has 1 aromatic rings. The molecule has 1 aliphatic carbocycles. The van der Waals surface area contributed by atoms with Crippen molar-refractivity contribution in [3.63, 3.8) is 0 Å². The number of carboxylic acid groups (broad SMARTS) is 1. The highest BCUT2D eigenvalue weighted by Crippen LogP contribution is 2.35. The molecule has 1 amide bonds. The Kier molecular flexibility index (Phi) is 3.91. The summed E-state index contributed by atoms with van der Waals surface area (Å²) in [5.74, 6) is -1.10. The normalized spacial score (nSPS) is 27.5. The first kappa shape index (κ1) is 15.0. The molecule has 2 atom stereocenters. The molecule has 0 bridgehead atoms. The molecule has 22 heavy (non-hydrogen) atoms. The third kappa shape index (κ3) is 2.39. The van der Waals surface area contributed by atoms with Crippen LogP contribution in [-0.2, 0) is 20.7 Å². The molecule has 2 aliphatic rings. The number of carbonyl (C=O) groups excluding carboxylic acids is 1. The van der Waals surface area contributed by atoms with Gasteiger partial charge < -0.3 is 14.7 Å². The fourth-order valence-corrected chi connectivity index (χ4v) is 3.63. The first-order valence-electron chi connectivity index (χ1n) is 7.72. The third-order valence-corrected chi connectivity index (χ3v) is 4.99. The Morgan fingerprint density at radius 3 is 2.82 bits per heavy atom. The van der Waals surface area contributed by atoms with Gasteiger partial charge in [0, 0.05) is 20.1 Å². The molecule has 0 saturated carbocycles. The number of hydrogen-bond donors (Lipinski definition) is 1. The van der Waals surface area contributed by atoms with Gasteiger partial charge in [-0.25, -0.2) is 4.79 Å². The van der Waals surface area contributed by atoms with Crippen LogP contribution in [0.5, 0.6) is 0 Å². The molecule has 0 aromatic heterocycles. The number of ether oxygens (including phenoxy) is 1. The van der Waals surface area contributed by atoms with Crippen molar-refractivity contribution in [2.45, 2.75) is 37.2 Å². The predicted molar refractivity (Wildman–Crippen MR) is 80.7 cm³/mol. The second-order valence-corrected chi connectivity index (χ2v) is 6.16. The summed E-state index contributed by atoms with van der Waals surface area (Å²) in [4.78, 5) is 26.0. The lowest BCUT2D eigenvalue weighted by Crippen LogP contribution is -2.45. The Labute approximate surface area is 129 Å². The lowest BCUT2D eigenvalue weighted by Gasteiger charge is -2.29. The minimum Gasteiger partial charge on any atom is -0.479 e. The van der Waals surface area contributed by atoms with Crippen LogP contribution in [0.4, 0.5) is 0 Å². The van der Waals surface area contributed by atoms with Gasteiger partial charge in [-0.15, -0.1) is 0 Å². The smallest absolute Gasteiger partial charge is 0.337 e. The highest BCUT2D eigenvalue weighted by Gasteiger charge is 2.47. The van der Waals surface area contributed by atoms with Crippen molar-refractivity contribution in [3.8, 4) is 0 Å². The standard InChI is InChI=1S/C17H21NO4/c1-22-17(16(20)21)9-10-18(11-17)15(19)14-8-4-6-12-5-2-3-7-13(12)14/h2-3,5,7,14H,4,6,8-11H2,1H3,(H,20,21). The van der Waals surface area contributed by atoms with Crippen LogP contribution < -0.4 is 0 Å². The topological polar surface area (TPSA) is 66.8 Å². The van der Waals surface area contributed by atoms with Crippen LogP contribution in [-0.4, -0.2) is 47.7 Å². The van der Waals surface area contributed by atoms with Gasteiger partial charge in [0.1, 0.15) is 0 Å². The zero-order valence-corrected chi connectivity index (χ0v) is 12.7. The van der Waals surface area contributed by atoms with Gasteiger partial charge >= 0.3 is 5.97 Å². The molecule has 1 N–H and O–H groups in total. The number of nitrogens with zero attached hydrogens (tertiary/aromatic N) is 1. The molecule has 1 heterocycles. The van der Waals surface area contributed by atoms with Gasteiger partial charge in [-0.05, 0) is 30.4 Å². The van der Waals surface area contributed by atoms with Crippen molar-refractivity contribution in [1.29, 1.82) is 0 Å². The van der Waals surface area contributed by atoms with E-state index in [4.69, 9.17) is 4.74 Å². The summed E-state index contributed by atoms with van der Waals surface area (Å²) in [6, 6.07) is 8.07. The van der Waals surface area contributed by atoms with E-state index in [0.29, 0.717) is 13.0 Å². The number of likely N-dealkylation sites (tertiary alicyclic amines) is 1. The minimum atomic E-state index is -1.25. The lowest BCUT2D eigenvalue weighted by atomic mass is 9.82. The molecular formula is C17H21NO4. The first-order valence-corrected chi connectivity index (χ1v) is 7.72. The summed E-state index contributed by atoms with van der Waals surface area (Å²) in [6.07, 6.45) is 3.19. The number of carbonyl (C=O) groups is 2. The van der Waals surface area contributed by atoms with Crippen molar-refractivity contribution in [2.24, 2.45) is 0 Å². The number of rotatable bonds is 3. The monoisotopic (exact) mass is 303 g/mol. The van der Waals surface area contributed by atoms with E-state index in [2.05, 4.69) is 6.07 Å². The van der Waals surface area contributed by atoms with Crippen molar-refractivity contribution in [2.75, 3.05) is 20.2 Å². The van der Waals surface area contributed by atoms with E-state index in [0.717, 1.165) is 24.8 Å². The van der Waals surface area contributed by atoms with E-state index in [1.54, 1.807) is 4.90 Å². The summed E-state index contributed by atoms with van der Waals surface area (Å²) in [5, 5.41) is 9.37. The third-order valence-electron chi connectivity index (χ3n) is 4.99. The largest absolute Gasteiger partial charge is 0.479 e. The maximum absolute atomic E-state index is 12.9. The van der Waals surface area contributed by atoms with Crippen molar-refractivity contribution >= 4 is 11.9 Å². The number of hydrogen-bond acceptors (Lipinski definition) is 3. The predicted octanol–water partition coefficient (Wildman–Crippen LogP) is 1.81. The minimum absolute atomic E-state index is 0.0346. The molecular weight excluding hydrogens is 282 g/mol. The molecule has 5 nitrogen and oxygen atoms in total.